The van der Waals surface area contributed by atoms with Crippen LogP contribution in [0.2, 0.25) is 0 Å². The molecule has 3 N–H and O–H groups in total. The normalized spacial score (nSPS) is 11.8. The maximum Gasteiger partial charge on any atom is 0.230 e. The minimum Gasteiger partial charge on any atom is -0.326 e. The van der Waals surface area contributed by atoms with Crippen molar-refractivity contribution in [2.24, 2.45) is 11.1 Å². The third-order valence-electron chi connectivity index (χ3n) is 2.67. The van der Waals surface area contributed by atoms with Crippen LogP contribution in [0.5, 0.6) is 0 Å². The lowest BCUT2D eigenvalue weighted by atomic mass is 9.96. The highest BCUT2D eigenvalue weighted by molar-refractivity contribution is 5.93. The first-order valence-corrected chi connectivity index (χ1v) is 5.89. The fourth-order valence-electron chi connectivity index (χ4n) is 1.52. The minimum atomic E-state index is -0.432. The summed E-state index contributed by atoms with van der Waals surface area (Å²) >= 11 is 0. The third-order valence-corrected chi connectivity index (χ3v) is 2.67. The van der Waals surface area contributed by atoms with Gasteiger partial charge in [-0.25, -0.2) is 4.98 Å². The van der Waals surface area contributed by atoms with Crippen molar-refractivity contribution in [2.45, 2.75) is 27.3 Å². The summed E-state index contributed by atoms with van der Waals surface area (Å²) < 4.78 is 1.86. The van der Waals surface area contributed by atoms with Crippen LogP contribution in [0.1, 0.15) is 26.3 Å². The third kappa shape index (κ3) is 2.51. The van der Waals surface area contributed by atoms with E-state index < -0.39 is 5.41 Å². The summed E-state index contributed by atoms with van der Waals surface area (Å²) in [6.45, 7) is 6.08. The topological polar surface area (TPSA) is 72.4 Å². The quantitative estimate of drug-likeness (QED) is 0.848. The van der Waals surface area contributed by atoms with E-state index in [0.717, 1.165) is 11.2 Å². The Balaban J connectivity index is 2.28. The molecule has 0 aromatic carbocycles. The summed E-state index contributed by atoms with van der Waals surface area (Å²) in [5.41, 5.74) is 6.96. The van der Waals surface area contributed by atoms with E-state index in [1.807, 2.05) is 43.5 Å². The predicted molar refractivity (Wildman–Crippen MR) is 71.2 cm³/mol. The van der Waals surface area contributed by atoms with Gasteiger partial charge < -0.3 is 15.5 Å². The molecule has 96 valence electrons. The molecule has 2 aromatic heterocycles. The van der Waals surface area contributed by atoms with Crippen LogP contribution >= 0.6 is 0 Å². The second-order valence-corrected chi connectivity index (χ2v) is 5.34. The van der Waals surface area contributed by atoms with Gasteiger partial charge in [-0.2, -0.15) is 0 Å². The lowest BCUT2D eigenvalue weighted by Crippen LogP contribution is -2.27. The van der Waals surface area contributed by atoms with E-state index in [-0.39, 0.29) is 5.91 Å². The highest BCUT2D eigenvalue weighted by atomic mass is 16.2. The number of hydrogen-bond acceptors (Lipinski definition) is 3. The monoisotopic (exact) mass is 246 g/mol. The van der Waals surface area contributed by atoms with E-state index in [0.29, 0.717) is 12.4 Å². The number of nitrogens with one attached hydrogen (secondary N) is 1. The molecule has 0 aliphatic rings. The van der Waals surface area contributed by atoms with Crippen LogP contribution in [-0.4, -0.2) is 15.3 Å². The van der Waals surface area contributed by atoms with Crippen molar-refractivity contribution < 1.29 is 4.79 Å². The number of nitrogens with zero attached hydrogens (tertiary/aromatic N) is 2. The SMILES string of the molecule is CC(C)(C)C(=O)Nc1cn2cc(CN)ccc2n1. The standard InChI is InChI=1S/C13H18N4O/c1-13(2,3)12(18)16-10-8-17-7-9(6-14)4-5-11(17)15-10/h4-5,7-8H,6,14H2,1-3H3,(H,16,18). The Morgan fingerprint density at radius 1 is 1.39 bits per heavy atom. The van der Waals surface area contributed by atoms with Crippen LogP contribution in [0.4, 0.5) is 5.82 Å². The number of pyridine rings is 1. The molecule has 0 bridgehead atoms. The summed E-state index contributed by atoms with van der Waals surface area (Å²) in [4.78, 5) is 16.2. The van der Waals surface area contributed by atoms with Crippen LogP contribution in [0.15, 0.2) is 24.5 Å². The molecule has 2 aromatic rings. The first-order valence-electron chi connectivity index (χ1n) is 5.89. The lowest BCUT2D eigenvalue weighted by molar-refractivity contribution is -0.123. The van der Waals surface area contributed by atoms with Crippen molar-refractivity contribution in [1.29, 1.82) is 0 Å². The van der Waals surface area contributed by atoms with Gasteiger partial charge in [0, 0.05) is 18.2 Å². The van der Waals surface area contributed by atoms with E-state index in [9.17, 15) is 4.79 Å². The van der Waals surface area contributed by atoms with Crippen molar-refractivity contribution >= 4 is 17.4 Å². The fraction of sp³-hybridized carbons (Fsp3) is 0.385. The summed E-state index contributed by atoms with van der Waals surface area (Å²) in [6, 6.07) is 3.81. The number of fused-ring (bicyclic) bond motifs is 1. The van der Waals surface area contributed by atoms with E-state index in [1.165, 1.54) is 0 Å². The molecule has 5 heteroatoms. The maximum absolute atomic E-state index is 11.9. The van der Waals surface area contributed by atoms with Crippen molar-refractivity contribution in [3.63, 3.8) is 0 Å². The van der Waals surface area contributed by atoms with Crippen LogP contribution in [0.3, 0.4) is 0 Å². The first-order chi connectivity index (χ1) is 8.40. The number of rotatable bonds is 2. The van der Waals surface area contributed by atoms with Crippen LogP contribution in [0, 0.1) is 5.41 Å². The lowest BCUT2D eigenvalue weighted by Gasteiger charge is -2.16. The molecular formula is C13H18N4O. The number of anilines is 1. The highest BCUT2D eigenvalue weighted by Gasteiger charge is 2.21. The van der Waals surface area contributed by atoms with Crippen molar-refractivity contribution in [2.75, 3.05) is 5.32 Å². The Morgan fingerprint density at radius 3 is 2.72 bits per heavy atom. The molecule has 0 aliphatic carbocycles. The largest absolute Gasteiger partial charge is 0.326 e. The number of carbonyl (C=O) groups excluding carboxylic acids is 1. The van der Waals surface area contributed by atoms with Gasteiger partial charge in [0.2, 0.25) is 5.91 Å². The number of imidazole rings is 1. The molecule has 0 saturated carbocycles. The maximum atomic E-state index is 11.9. The van der Waals surface area contributed by atoms with Gasteiger partial charge in [-0.15, -0.1) is 0 Å². The molecule has 0 spiro atoms. The van der Waals surface area contributed by atoms with Crippen molar-refractivity contribution in [1.82, 2.24) is 9.38 Å². The van der Waals surface area contributed by atoms with Gasteiger partial charge in [0.25, 0.3) is 0 Å². The molecule has 2 heterocycles. The van der Waals surface area contributed by atoms with Crippen molar-refractivity contribution in [3.05, 3.63) is 30.1 Å². The zero-order valence-corrected chi connectivity index (χ0v) is 10.9. The number of nitrogens with two attached hydrogens (primary N) is 1. The molecular weight excluding hydrogens is 228 g/mol. The predicted octanol–water partition coefficient (Wildman–Crippen LogP) is 1.78. The van der Waals surface area contributed by atoms with Gasteiger partial charge in [0.05, 0.1) is 6.20 Å². The fourth-order valence-corrected chi connectivity index (χ4v) is 1.52. The smallest absolute Gasteiger partial charge is 0.230 e. The number of hydrogen-bond donors (Lipinski definition) is 2. The molecule has 0 aliphatic heterocycles. The van der Waals surface area contributed by atoms with Gasteiger partial charge in [0.15, 0.2) is 5.82 Å². The van der Waals surface area contributed by atoms with Crippen LogP contribution < -0.4 is 11.1 Å². The molecule has 0 saturated heterocycles. The number of carbonyl (C=O) groups is 1. The van der Waals surface area contributed by atoms with Gasteiger partial charge in [-0.3, -0.25) is 4.79 Å². The summed E-state index contributed by atoms with van der Waals surface area (Å²) in [5.74, 6) is 0.508. The van der Waals surface area contributed by atoms with Gasteiger partial charge >= 0.3 is 0 Å². The molecule has 5 nitrogen and oxygen atoms in total. The van der Waals surface area contributed by atoms with Crippen LogP contribution in [-0.2, 0) is 11.3 Å². The van der Waals surface area contributed by atoms with Gasteiger partial charge in [-0.05, 0) is 11.6 Å². The summed E-state index contributed by atoms with van der Waals surface area (Å²) in [5, 5.41) is 2.81. The Hall–Kier alpha value is -1.88. The number of aromatic nitrogens is 2. The average molecular weight is 246 g/mol. The molecule has 0 atom stereocenters. The van der Waals surface area contributed by atoms with Gasteiger partial charge in [-0.1, -0.05) is 26.8 Å². The molecule has 0 fully saturated rings. The van der Waals surface area contributed by atoms with E-state index >= 15 is 0 Å². The van der Waals surface area contributed by atoms with Gasteiger partial charge in [0.1, 0.15) is 5.65 Å². The zero-order valence-electron chi connectivity index (χ0n) is 10.9. The Morgan fingerprint density at radius 2 is 2.11 bits per heavy atom. The zero-order chi connectivity index (χ0) is 13.3. The Bertz CT molecular complexity index is 580. The second kappa shape index (κ2) is 4.42. The van der Waals surface area contributed by atoms with Crippen molar-refractivity contribution in [3.8, 4) is 0 Å². The molecule has 0 unspecified atom stereocenters. The molecule has 0 radical (unpaired) electrons. The molecule has 1 amide bonds. The van der Waals surface area contributed by atoms with E-state index in [2.05, 4.69) is 10.3 Å². The first kappa shape index (κ1) is 12.6. The average Bonchev–Trinajstić information content (AvgIpc) is 2.68. The summed E-state index contributed by atoms with van der Waals surface area (Å²) in [7, 11) is 0. The molecule has 18 heavy (non-hydrogen) atoms. The Labute approximate surface area is 106 Å². The van der Waals surface area contributed by atoms with Crippen LogP contribution in [0.25, 0.3) is 5.65 Å². The molecule has 2 rings (SSSR count). The van der Waals surface area contributed by atoms with E-state index in [1.54, 1.807) is 6.20 Å². The van der Waals surface area contributed by atoms with E-state index in [4.69, 9.17) is 5.73 Å². The number of amides is 1. The minimum absolute atomic E-state index is 0.0510. The highest BCUT2D eigenvalue weighted by Crippen LogP contribution is 2.17. The second-order valence-electron chi connectivity index (χ2n) is 5.34. The summed E-state index contributed by atoms with van der Waals surface area (Å²) in [6.07, 6.45) is 3.70. The Kier molecular flexibility index (Phi) is 3.09.